The lowest BCUT2D eigenvalue weighted by Crippen LogP contribution is -2.10. The third-order valence-corrected chi connectivity index (χ3v) is 3.20. The predicted octanol–water partition coefficient (Wildman–Crippen LogP) is 3.74. The van der Waals surface area contributed by atoms with Gasteiger partial charge in [0.25, 0.3) is 5.91 Å². The number of nitrogens with zero attached hydrogens (tertiary/aromatic N) is 1. The zero-order valence-electron chi connectivity index (χ0n) is 12.2. The molecule has 0 aliphatic carbocycles. The molecule has 0 radical (unpaired) electrons. The lowest BCUT2D eigenvalue weighted by Gasteiger charge is -2.03. The van der Waals surface area contributed by atoms with Gasteiger partial charge in [0.05, 0.1) is 7.11 Å². The highest BCUT2D eigenvalue weighted by atomic mass is 19.1. The number of carbonyl (C=O) groups excluding carboxylic acids is 1. The van der Waals surface area contributed by atoms with Crippen LogP contribution in [0.15, 0.2) is 59.1 Å². The summed E-state index contributed by atoms with van der Waals surface area (Å²) in [5.74, 6) is -0.0869. The van der Waals surface area contributed by atoms with Crippen LogP contribution in [-0.4, -0.2) is 18.2 Å². The van der Waals surface area contributed by atoms with Crippen molar-refractivity contribution in [1.82, 2.24) is 5.16 Å². The maximum absolute atomic E-state index is 13.2. The van der Waals surface area contributed by atoms with Crippen LogP contribution >= 0.6 is 0 Å². The van der Waals surface area contributed by atoms with Gasteiger partial charge in [0, 0.05) is 17.3 Å². The van der Waals surface area contributed by atoms with Crippen molar-refractivity contribution in [3.05, 3.63) is 66.2 Å². The van der Waals surface area contributed by atoms with Gasteiger partial charge in [-0.1, -0.05) is 17.3 Å². The quantitative estimate of drug-likeness (QED) is 0.797. The van der Waals surface area contributed by atoms with Crippen LogP contribution in [0.5, 0.6) is 5.75 Å². The van der Waals surface area contributed by atoms with Crippen LogP contribution < -0.4 is 10.1 Å². The van der Waals surface area contributed by atoms with E-state index >= 15 is 0 Å². The minimum absolute atomic E-state index is 0.0417. The van der Waals surface area contributed by atoms with Crippen LogP contribution in [0.2, 0.25) is 0 Å². The Hall–Kier alpha value is -3.15. The molecule has 1 amide bonds. The van der Waals surface area contributed by atoms with Gasteiger partial charge in [-0.25, -0.2) is 4.39 Å². The van der Waals surface area contributed by atoms with E-state index in [0.29, 0.717) is 22.7 Å². The molecule has 5 nitrogen and oxygen atoms in total. The van der Waals surface area contributed by atoms with Crippen molar-refractivity contribution < 1.29 is 18.4 Å². The average Bonchev–Trinajstić information content (AvgIpc) is 3.06. The SMILES string of the molecule is COc1ccc(NC(=O)c2cc(-c3cccc(F)c3)no2)cc1. The van der Waals surface area contributed by atoms with Gasteiger partial charge in [0.15, 0.2) is 0 Å². The summed E-state index contributed by atoms with van der Waals surface area (Å²) in [6, 6.07) is 14.3. The first-order valence-electron chi connectivity index (χ1n) is 6.84. The van der Waals surface area contributed by atoms with Gasteiger partial charge in [-0.2, -0.15) is 0 Å². The van der Waals surface area contributed by atoms with Crippen LogP contribution in [0, 0.1) is 5.82 Å². The van der Waals surface area contributed by atoms with Crippen molar-refractivity contribution in [1.29, 1.82) is 0 Å². The summed E-state index contributed by atoms with van der Waals surface area (Å²) in [6.07, 6.45) is 0. The monoisotopic (exact) mass is 312 g/mol. The molecule has 1 N–H and O–H groups in total. The Balaban J connectivity index is 1.75. The van der Waals surface area contributed by atoms with Crippen molar-refractivity contribution in [2.45, 2.75) is 0 Å². The molecule has 0 saturated carbocycles. The van der Waals surface area contributed by atoms with Crippen LogP contribution in [-0.2, 0) is 0 Å². The number of ether oxygens (including phenoxy) is 1. The Kier molecular flexibility index (Phi) is 4.05. The maximum atomic E-state index is 13.2. The number of anilines is 1. The van der Waals surface area contributed by atoms with Gasteiger partial charge >= 0.3 is 0 Å². The maximum Gasteiger partial charge on any atom is 0.294 e. The van der Waals surface area contributed by atoms with Crippen LogP contribution in [0.4, 0.5) is 10.1 Å². The summed E-state index contributed by atoms with van der Waals surface area (Å²) >= 11 is 0. The molecule has 0 aliphatic rings. The molecule has 23 heavy (non-hydrogen) atoms. The predicted molar refractivity (Wildman–Crippen MR) is 82.8 cm³/mol. The third-order valence-electron chi connectivity index (χ3n) is 3.20. The fourth-order valence-electron chi connectivity index (χ4n) is 2.03. The normalized spacial score (nSPS) is 10.3. The smallest absolute Gasteiger partial charge is 0.294 e. The van der Waals surface area contributed by atoms with Gasteiger partial charge in [0.2, 0.25) is 5.76 Å². The van der Waals surface area contributed by atoms with E-state index in [9.17, 15) is 9.18 Å². The van der Waals surface area contributed by atoms with E-state index in [-0.39, 0.29) is 11.6 Å². The summed E-state index contributed by atoms with van der Waals surface area (Å²) in [4.78, 5) is 12.1. The number of rotatable bonds is 4. The molecule has 0 bridgehead atoms. The lowest BCUT2D eigenvalue weighted by molar-refractivity contribution is 0.0988. The minimum atomic E-state index is -0.440. The topological polar surface area (TPSA) is 64.4 Å². The highest BCUT2D eigenvalue weighted by Gasteiger charge is 2.14. The van der Waals surface area contributed by atoms with Crippen molar-refractivity contribution >= 4 is 11.6 Å². The van der Waals surface area contributed by atoms with Crippen molar-refractivity contribution in [3.8, 4) is 17.0 Å². The first-order chi connectivity index (χ1) is 11.2. The minimum Gasteiger partial charge on any atom is -0.497 e. The number of hydrogen-bond donors (Lipinski definition) is 1. The highest BCUT2D eigenvalue weighted by Crippen LogP contribution is 2.21. The van der Waals surface area contributed by atoms with Crippen molar-refractivity contribution in [3.63, 3.8) is 0 Å². The van der Waals surface area contributed by atoms with Crippen LogP contribution in [0.3, 0.4) is 0 Å². The van der Waals surface area contributed by atoms with Gasteiger partial charge in [0.1, 0.15) is 17.3 Å². The number of amides is 1. The second-order valence-electron chi connectivity index (χ2n) is 4.77. The zero-order valence-corrected chi connectivity index (χ0v) is 12.2. The molecule has 3 aromatic rings. The van der Waals surface area contributed by atoms with E-state index in [4.69, 9.17) is 9.26 Å². The number of nitrogens with one attached hydrogen (secondary N) is 1. The molecule has 1 heterocycles. The van der Waals surface area contributed by atoms with E-state index < -0.39 is 5.91 Å². The van der Waals surface area contributed by atoms with Crippen molar-refractivity contribution in [2.24, 2.45) is 0 Å². The third kappa shape index (κ3) is 3.37. The number of aromatic nitrogens is 1. The lowest BCUT2D eigenvalue weighted by atomic mass is 10.1. The largest absolute Gasteiger partial charge is 0.497 e. The van der Waals surface area contributed by atoms with E-state index in [1.807, 2.05) is 0 Å². The summed E-state index contributed by atoms with van der Waals surface area (Å²) in [5, 5.41) is 6.48. The molecular formula is C17H13FN2O3. The van der Waals surface area contributed by atoms with Crippen LogP contribution in [0.25, 0.3) is 11.3 Å². The molecule has 0 aliphatic heterocycles. The highest BCUT2D eigenvalue weighted by molar-refractivity contribution is 6.02. The molecule has 116 valence electrons. The number of halogens is 1. The van der Waals surface area contributed by atoms with E-state index in [2.05, 4.69) is 10.5 Å². The first-order valence-corrected chi connectivity index (χ1v) is 6.84. The Morgan fingerprint density at radius 3 is 2.65 bits per heavy atom. The van der Waals surface area contributed by atoms with E-state index in [1.54, 1.807) is 43.5 Å². The molecule has 1 aromatic heterocycles. The van der Waals surface area contributed by atoms with Gasteiger partial charge in [-0.05, 0) is 36.4 Å². The molecule has 0 spiro atoms. The Morgan fingerprint density at radius 2 is 1.96 bits per heavy atom. The summed E-state index contributed by atoms with van der Waals surface area (Å²) < 4.78 is 23.3. The van der Waals surface area contributed by atoms with Gasteiger partial charge < -0.3 is 14.6 Å². The molecule has 0 unspecified atom stereocenters. The summed E-state index contributed by atoms with van der Waals surface area (Å²) in [5.41, 5.74) is 1.53. The molecule has 0 saturated heterocycles. The summed E-state index contributed by atoms with van der Waals surface area (Å²) in [6.45, 7) is 0. The Labute approximate surface area is 131 Å². The Bertz CT molecular complexity index is 828. The standard InChI is InChI=1S/C17H13FN2O3/c1-22-14-7-5-13(6-8-14)19-17(21)16-10-15(20-23-16)11-3-2-4-12(18)9-11/h2-10H,1H3,(H,19,21). The van der Waals surface area contributed by atoms with E-state index in [0.717, 1.165) is 0 Å². The average molecular weight is 312 g/mol. The van der Waals surface area contributed by atoms with Gasteiger partial charge in [-0.15, -0.1) is 0 Å². The molecule has 3 rings (SSSR count). The fourth-order valence-corrected chi connectivity index (χ4v) is 2.03. The summed E-state index contributed by atoms with van der Waals surface area (Å²) in [7, 11) is 1.57. The molecule has 0 atom stereocenters. The molecule has 2 aromatic carbocycles. The van der Waals surface area contributed by atoms with Crippen LogP contribution in [0.1, 0.15) is 10.6 Å². The second-order valence-corrected chi connectivity index (χ2v) is 4.77. The zero-order chi connectivity index (χ0) is 16.2. The Morgan fingerprint density at radius 1 is 1.17 bits per heavy atom. The van der Waals surface area contributed by atoms with Crippen molar-refractivity contribution in [2.75, 3.05) is 12.4 Å². The fraction of sp³-hybridized carbons (Fsp3) is 0.0588. The number of hydrogen-bond acceptors (Lipinski definition) is 4. The number of carbonyl (C=O) groups is 1. The first kappa shape index (κ1) is 14.8. The second kappa shape index (κ2) is 6.31. The molecule has 6 heteroatoms. The van der Waals surface area contributed by atoms with E-state index in [1.165, 1.54) is 18.2 Å². The van der Waals surface area contributed by atoms with Gasteiger partial charge in [-0.3, -0.25) is 4.79 Å². The molecular weight excluding hydrogens is 299 g/mol. The molecule has 0 fully saturated rings. The number of methoxy groups -OCH3 is 1. The number of benzene rings is 2.